The molecule has 1 amide bonds. The van der Waals surface area contributed by atoms with E-state index in [1.165, 1.54) is 16.3 Å². The first-order chi connectivity index (χ1) is 16.7. The molecule has 0 unspecified atom stereocenters. The summed E-state index contributed by atoms with van der Waals surface area (Å²) in [5, 5.41) is 6.50. The predicted molar refractivity (Wildman–Crippen MR) is 134 cm³/mol. The number of nitrogens with one attached hydrogen (secondary N) is 1. The molecule has 5 rings (SSSR count). The minimum Gasteiger partial charge on any atom is -0.493 e. The van der Waals surface area contributed by atoms with E-state index < -0.39 is 0 Å². The fourth-order valence-electron chi connectivity index (χ4n) is 4.26. The summed E-state index contributed by atoms with van der Waals surface area (Å²) >= 11 is 0. The van der Waals surface area contributed by atoms with E-state index in [0.717, 1.165) is 17.5 Å². The van der Waals surface area contributed by atoms with Crippen molar-refractivity contribution in [3.8, 4) is 11.5 Å². The van der Waals surface area contributed by atoms with Crippen molar-refractivity contribution in [1.82, 2.24) is 5.43 Å². The van der Waals surface area contributed by atoms with Gasteiger partial charge in [0, 0.05) is 5.92 Å². The highest BCUT2D eigenvalue weighted by Crippen LogP contribution is 2.47. The lowest BCUT2D eigenvalue weighted by atomic mass is 10.1. The summed E-state index contributed by atoms with van der Waals surface area (Å²) in [4.78, 5) is 12.4. The molecular weight excluding hydrogens is 424 g/mol. The van der Waals surface area contributed by atoms with Crippen molar-refractivity contribution < 1.29 is 14.3 Å². The van der Waals surface area contributed by atoms with Crippen LogP contribution in [0, 0.1) is 5.92 Å². The number of carbonyl (C=O) groups is 1. The first-order valence-electron chi connectivity index (χ1n) is 11.4. The van der Waals surface area contributed by atoms with E-state index in [1.54, 1.807) is 13.3 Å². The highest BCUT2D eigenvalue weighted by molar-refractivity contribution is 5.86. The average Bonchev–Trinajstić information content (AvgIpc) is 3.69. The number of benzene rings is 4. The second kappa shape index (κ2) is 9.79. The van der Waals surface area contributed by atoms with Crippen LogP contribution >= 0.6 is 0 Å². The van der Waals surface area contributed by atoms with Gasteiger partial charge >= 0.3 is 0 Å². The van der Waals surface area contributed by atoms with Crippen LogP contribution in [0.2, 0.25) is 0 Å². The molecule has 0 spiro atoms. The Bertz CT molecular complexity index is 1330. The summed E-state index contributed by atoms with van der Waals surface area (Å²) in [6.07, 6.45) is 2.48. The van der Waals surface area contributed by atoms with Gasteiger partial charge in [0.25, 0.3) is 0 Å². The van der Waals surface area contributed by atoms with E-state index in [-0.39, 0.29) is 17.7 Å². The number of hydrogen-bond acceptors (Lipinski definition) is 4. The van der Waals surface area contributed by atoms with Crippen molar-refractivity contribution in [3.05, 3.63) is 108 Å². The molecule has 1 aliphatic carbocycles. The van der Waals surface area contributed by atoms with Crippen LogP contribution < -0.4 is 14.9 Å². The Labute approximate surface area is 199 Å². The molecule has 1 saturated carbocycles. The van der Waals surface area contributed by atoms with Gasteiger partial charge < -0.3 is 9.47 Å². The van der Waals surface area contributed by atoms with E-state index in [9.17, 15) is 4.79 Å². The molecule has 1 fully saturated rings. The second-order valence-corrected chi connectivity index (χ2v) is 8.43. The lowest BCUT2D eigenvalue weighted by Gasteiger charge is -2.12. The summed E-state index contributed by atoms with van der Waals surface area (Å²) in [5.74, 6) is 1.49. The Morgan fingerprint density at radius 2 is 1.76 bits per heavy atom. The van der Waals surface area contributed by atoms with Gasteiger partial charge in [-0.2, -0.15) is 5.10 Å². The van der Waals surface area contributed by atoms with Crippen molar-refractivity contribution in [2.75, 3.05) is 7.11 Å². The zero-order chi connectivity index (χ0) is 23.3. The molecule has 0 bridgehead atoms. The number of fused-ring (bicyclic) bond motifs is 1. The van der Waals surface area contributed by atoms with E-state index >= 15 is 0 Å². The van der Waals surface area contributed by atoms with Gasteiger partial charge in [-0.25, -0.2) is 5.43 Å². The smallest absolute Gasteiger partial charge is 0.243 e. The number of ether oxygens (including phenoxy) is 2. The largest absolute Gasteiger partial charge is 0.493 e. The molecule has 2 atom stereocenters. The fraction of sp³-hybridized carbons (Fsp3) is 0.172. The van der Waals surface area contributed by atoms with E-state index in [4.69, 9.17) is 9.47 Å². The maximum absolute atomic E-state index is 12.4. The SMILES string of the molecule is COc1cc(/C=N\NC(=O)[C@H]2C[C@@H]2c2ccccc2)ccc1OCc1cccc2ccccc12. The average molecular weight is 451 g/mol. The molecule has 5 heteroatoms. The van der Waals surface area contributed by atoms with Gasteiger partial charge in [0.15, 0.2) is 11.5 Å². The Balaban J connectivity index is 1.20. The lowest BCUT2D eigenvalue weighted by Crippen LogP contribution is -2.20. The Morgan fingerprint density at radius 3 is 2.62 bits per heavy atom. The van der Waals surface area contributed by atoms with Gasteiger partial charge in [-0.3, -0.25) is 4.79 Å². The van der Waals surface area contributed by atoms with Gasteiger partial charge in [-0.1, -0.05) is 72.8 Å². The monoisotopic (exact) mass is 450 g/mol. The Kier molecular flexibility index (Phi) is 6.25. The first-order valence-corrected chi connectivity index (χ1v) is 11.4. The highest BCUT2D eigenvalue weighted by Gasteiger charge is 2.43. The molecule has 170 valence electrons. The van der Waals surface area contributed by atoms with Crippen LogP contribution in [0.5, 0.6) is 11.5 Å². The van der Waals surface area contributed by atoms with E-state index in [2.05, 4.69) is 46.9 Å². The highest BCUT2D eigenvalue weighted by atomic mass is 16.5. The molecule has 0 radical (unpaired) electrons. The fourth-order valence-corrected chi connectivity index (χ4v) is 4.26. The molecule has 0 aromatic heterocycles. The summed E-state index contributed by atoms with van der Waals surface area (Å²) in [7, 11) is 1.61. The van der Waals surface area contributed by atoms with Crippen molar-refractivity contribution >= 4 is 22.9 Å². The molecule has 0 aliphatic heterocycles. The van der Waals surface area contributed by atoms with Crippen LogP contribution in [-0.2, 0) is 11.4 Å². The summed E-state index contributed by atoms with van der Waals surface area (Å²) < 4.78 is 11.6. The molecular formula is C29H26N2O3. The Hall–Kier alpha value is -4.12. The number of amides is 1. The number of hydrogen-bond donors (Lipinski definition) is 1. The number of nitrogens with zero attached hydrogens (tertiary/aromatic N) is 1. The molecule has 0 heterocycles. The van der Waals surface area contributed by atoms with Gasteiger partial charge in [-0.15, -0.1) is 0 Å². The first kappa shape index (κ1) is 21.7. The third-order valence-corrected chi connectivity index (χ3v) is 6.19. The molecule has 4 aromatic rings. The maximum Gasteiger partial charge on any atom is 0.243 e. The Morgan fingerprint density at radius 1 is 0.971 bits per heavy atom. The third kappa shape index (κ3) is 4.79. The van der Waals surface area contributed by atoms with Crippen LogP contribution in [0.3, 0.4) is 0 Å². The third-order valence-electron chi connectivity index (χ3n) is 6.19. The normalized spacial score (nSPS) is 17.0. The standard InChI is InChI=1S/C29H26N2O3/c1-33-28-16-20(18-30-31-29(32)26-17-25(26)22-8-3-2-4-9-22)14-15-27(28)34-19-23-12-7-11-21-10-5-6-13-24(21)23/h2-16,18,25-26H,17,19H2,1H3,(H,31,32)/b30-18-/t25-,26+/m1/s1. The molecule has 4 aromatic carbocycles. The number of rotatable bonds is 8. The topological polar surface area (TPSA) is 59.9 Å². The van der Waals surface area contributed by atoms with Crippen LogP contribution in [0.1, 0.15) is 29.0 Å². The minimum atomic E-state index is -0.0490. The van der Waals surface area contributed by atoms with Crippen LogP contribution in [-0.4, -0.2) is 19.2 Å². The lowest BCUT2D eigenvalue weighted by molar-refractivity contribution is -0.122. The van der Waals surface area contributed by atoms with E-state index in [0.29, 0.717) is 18.1 Å². The van der Waals surface area contributed by atoms with E-state index in [1.807, 2.05) is 54.6 Å². The summed E-state index contributed by atoms with van der Waals surface area (Å²) in [5.41, 5.74) is 5.79. The molecule has 0 saturated heterocycles. The van der Waals surface area contributed by atoms with Crippen LogP contribution in [0.15, 0.2) is 96.1 Å². The predicted octanol–water partition coefficient (Wildman–Crippen LogP) is 5.68. The molecule has 34 heavy (non-hydrogen) atoms. The molecule has 1 N–H and O–H groups in total. The van der Waals surface area contributed by atoms with Gasteiger partial charge in [0.1, 0.15) is 6.61 Å². The van der Waals surface area contributed by atoms with Crippen LogP contribution in [0.4, 0.5) is 0 Å². The van der Waals surface area contributed by atoms with Gasteiger partial charge in [0.2, 0.25) is 5.91 Å². The zero-order valence-corrected chi connectivity index (χ0v) is 19.0. The summed E-state index contributed by atoms with van der Waals surface area (Å²) in [6.45, 7) is 0.436. The van der Waals surface area contributed by atoms with Crippen molar-refractivity contribution in [3.63, 3.8) is 0 Å². The van der Waals surface area contributed by atoms with Crippen molar-refractivity contribution in [2.45, 2.75) is 18.9 Å². The number of hydrazone groups is 1. The minimum absolute atomic E-state index is 0.0149. The van der Waals surface area contributed by atoms with Gasteiger partial charge in [0.05, 0.1) is 13.3 Å². The number of methoxy groups -OCH3 is 1. The van der Waals surface area contributed by atoms with Crippen LogP contribution in [0.25, 0.3) is 10.8 Å². The maximum atomic E-state index is 12.4. The summed E-state index contributed by atoms with van der Waals surface area (Å²) in [6, 6.07) is 30.2. The van der Waals surface area contributed by atoms with Crippen molar-refractivity contribution in [2.24, 2.45) is 11.0 Å². The quantitative estimate of drug-likeness (QED) is 0.277. The zero-order valence-electron chi connectivity index (χ0n) is 19.0. The van der Waals surface area contributed by atoms with Gasteiger partial charge in [-0.05, 0) is 58.0 Å². The molecule has 5 nitrogen and oxygen atoms in total. The molecule has 1 aliphatic rings. The van der Waals surface area contributed by atoms with Crippen molar-refractivity contribution in [1.29, 1.82) is 0 Å². The number of carbonyl (C=O) groups excluding carboxylic acids is 1. The second-order valence-electron chi connectivity index (χ2n) is 8.43.